The van der Waals surface area contributed by atoms with Gasteiger partial charge >= 0.3 is 5.97 Å². The minimum atomic E-state index is -1.36. The largest absolute Gasteiger partial charge is 0.487 e. The van der Waals surface area contributed by atoms with Gasteiger partial charge in [-0.3, -0.25) is 0 Å². The first-order valence-corrected chi connectivity index (χ1v) is 5.86. The Morgan fingerprint density at radius 3 is 2.62 bits per heavy atom. The molecule has 1 N–H and O–H groups in total. The number of nitriles is 1. The standard InChI is InChI=1S/C15H9F2NO3/c16-12-2-1-3-14(11(12)7-18)21-8-9-4-5-10(15(19)20)13(17)6-9/h1-6H,8H2,(H,19,20). The third kappa shape index (κ3) is 3.15. The number of nitrogens with zero attached hydrogens (tertiary/aromatic N) is 1. The quantitative estimate of drug-likeness (QED) is 0.938. The van der Waals surface area contributed by atoms with E-state index in [2.05, 4.69) is 0 Å². The summed E-state index contributed by atoms with van der Waals surface area (Å²) in [6, 6.07) is 9.15. The van der Waals surface area contributed by atoms with Crippen LogP contribution in [-0.2, 0) is 6.61 Å². The molecule has 0 saturated heterocycles. The number of benzene rings is 2. The maximum Gasteiger partial charge on any atom is 0.338 e. The Balaban J connectivity index is 2.18. The molecule has 2 aromatic carbocycles. The van der Waals surface area contributed by atoms with Gasteiger partial charge in [0.2, 0.25) is 0 Å². The van der Waals surface area contributed by atoms with E-state index >= 15 is 0 Å². The summed E-state index contributed by atoms with van der Waals surface area (Å²) in [5.74, 6) is -2.91. The summed E-state index contributed by atoms with van der Waals surface area (Å²) in [6.45, 7) is -0.116. The summed E-state index contributed by atoms with van der Waals surface area (Å²) in [4.78, 5) is 10.7. The summed E-state index contributed by atoms with van der Waals surface area (Å²) in [5.41, 5.74) is -0.312. The molecule has 0 aliphatic heterocycles. The van der Waals surface area contributed by atoms with Crippen molar-refractivity contribution in [2.75, 3.05) is 0 Å². The number of hydrogen-bond donors (Lipinski definition) is 1. The molecule has 0 aliphatic rings. The highest BCUT2D eigenvalue weighted by atomic mass is 19.1. The molecular formula is C15H9F2NO3. The highest BCUT2D eigenvalue weighted by Crippen LogP contribution is 2.22. The predicted octanol–water partition coefficient (Wildman–Crippen LogP) is 3.11. The molecule has 2 aromatic rings. The van der Waals surface area contributed by atoms with Crippen molar-refractivity contribution in [1.29, 1.82) is 5.26 Å². The molecule has 0 spiro atoms. The van der Waals surface area contributed by atoms with Gasteiger partial charge < -0.3 is 9.84 Å². The normalized spacial score (nSPS) is 9.95. The number of carbonyl (C=O) groups is 1. The molecule has 106 valence electrons. The highest BCUT2D eigenvalue weighted by molar-refractivity contribution is 5.87. The molecule has 0 aliphatic carbocycles. The number of carboxylic acids is 1. The van der Waals surface area contributed by atoms with Crippen molar-refractivity contribution in [3.63, 3.8) is 0 Å². The van der Waals surface area contributed by atoms with Gasteiger partial charge in [0, 0.05) is 0 Å². The average molecular weight is 289 g/mol. The average Bonchev–Trinajstić information content (AvgIpc) is 2.44. The minimum absolute atomic E-state index is 0.0419. The van der Waals surface area contributed by atoms with Gasteiger partial charge in [-0.2, -0.15) is 5.26 Å². The van der Waals surface area contributed by atoms with Gasteiger partial charge in [0.1, 0.15) is 35.6 Å². The predicted molar refractivity (Wildman–Crippen MR) is 68.8 cm³/mol. The Morgan fingerprint density at radius 1 is 1.24 bits per heavy atom. The van der Waals surface area contributed by atoms with Crippen molar-refractivity contribution in [2.24, 2.45) is 0 Å². The van der Waals surface area contributed by atoms with Gasteiger partial charge in [0.25, 0.3) is 0 Å². The molecule has 21 heavy (non-hydrogen) atoms. The van der Waals surface area contributed by atoms with E-state index in [0.717, 1.165) is 18.2 Å². The van der Waals surface area contributed by atoms with Crippen LogP contribution in [0.4, 0.5) is 8.78 Å². The maximum atomic E-state index is 13.5. The zero-order chi connectivity index (χ0) is 15.4. The topological polar surface area (TPSA) is 70.3 Å². The third-order valence-electron chi connectivity index (χ3n) is 2.75. The zero-order valence-electron chi connectivity index (χ0n) is 10.6. The van der Waals surface area contributed by atoms with Crippen LogP contribution >= 0.6 is 0 Å². The van der Waals surface area contributed by atoms with Gasteiger partial charge in [-0.15, -0.1) is 0 Å². The molecule has 4 nitrogen and oxygen atoms in total. The first-order valence-electron chi connectivity index (χ1n) is 5.86. The van der Waals surface area contributed by atoms with Gasteiger partial charge in [-0.25, -0.2) is 13.6 Å². The number of ether oxygens (including phenoxy) is 1. The van der Waals surface area contributed by atoms with Crippen LogP contribution in [0, 0.1) is 23.0 Å². The van der Waals surface area contributed by atoms with Gasteiger partial charge in [0.05, 0.1) is 5.56 Å². The molecule has 0 amide bonds. The molecule has 0 heterocycles. The second-order valence-corrected chi connectivity index (χ2v) is 4.13. The Kier molecular flexibility index (Phi) is 4.14. The molecule has 2 rings (SSSR count). The third-order valence-corrected chi connectivity index (χ3v) is 2.75. The summed E-state index contributed by atoms with van der Waals surface area (Å²) >= 11 is 0. The molecule has 0 unspecified atom stereocenters. The van der Waals surface area contributed by atoms with E-state index in [1.807, 2.05) is 0 Å². The molecule has 0 bridgehead atoms. The number of hydrogen-bond acceptors (Lipinski definition) is 3. The first-order chi connectivity index (χ1) is 10.0. The van der Waals surface area contributed by atoms with Crippen molar-refractivity contribution >= 4 is 5.97 Å². The molecule has 0 fully saturated rings. The fraction of sp³-hybridized carbons (Fsp3) is 0.0667. The van der Waals surface area contributed by atoms with Crippen LogP contribution in [0.2, 0.25) is 0 Å². The Morgan fingerprint density at radius 2 is 2.00 bits per heavy atom. The van der Waals surface area contributed by atoms with Crippen LogP contribution in [-0.4, -0.2) is 11.1 Å². The monoisotopic (exact) mass is 289 g/mol. The first kappa shape index (κ1) is 14.5. The second kappa shape index (κ2) is 6.01. The van der Waals surface area contributed by atoms with Crippen LogP contribution < -0.4 is 4.74 Å². The summed E-state index contributed by atoms with van der Waals surface area (Å²) in [7, 11) is 0. The van der Waals surface area contributed by atoms with Gasteiger partial charge in [-0.05, 0) is 29.8 Å². The molecular weight excluding hydrogens is 280 g/mol. The van der Waals surface area contributed by atoms with E-state index in [0.29, 0.717) is 5.56 Å². The Bertz CT molecular complexity index is 738. The van der Waals surface area contributed by atoms with Crippen LogP contribution in [0.1, 0.15) is 21.5 Å². The lowest BCUT2D eigenvalue weighted by Crippen LogP contribution is -2.03. The van der Waals surface area contributed by atoms with Crippen molar-refractivity contribution in [3.8, 4) is 11.8 Å². The minimum Gasteiger partial charge on any atom is -0.487 e. The highest BCUT2D eigenvalue weighted by Gasteiger charge is 2.12. The van der Waals surface area contributed by atoms with E-state index in [9.17, 15) is 13.6 Å². The Hall–Kier alpha value is -2.94. The fourth-order valence-electron chi connectivity index (χ4n) is 1.72. The smallest absolute Gasteiger partial charge is 0.338 e. The lowest BCUT2D eigenvalue weighted by Gasteiger charge is -2.09. The van der Waals surface area contributed by atoms with Crippen molar-refractivity contribution < 1.29 is 23.4 Å². The lowest BCUT2D eigenvalue weighted by atomic mass is 10.1. The van der Waals surface area contributed by atoms with Crippen LogP contribution in [0.15, 0.2) is 36.4 Å². The molecule has 0 saturated carbocycles. The lowest BCUT2D eigenvalue weighted by molar-refractivity contribution is 0.0692. The van der Waals surface area contributed by atoms with Gasteiger partial charge in [-0.1, -0.05) is 12.1 Å². The van der Waals surface area contributed by atoms with Crippen LogP contribution in [0.5, 0.6) is 5.75 Å². The van der Waals surface area contributed by atoms with E-state index in [4.69, 9.17) is 15.1 Å². The summed E-state index contributed by atoms with van der Waals surface area (Å²) in [6.07, 6.45) is 0. The number of carboxylic acid groups (broad SMARTS) is 1. The fourth-order valence-corrected chi connectivity index (χ4v) is 1.72. The van der Waals surface area contributed by atoms with E-state index < -0.39 is 23.2 Å². The van der Waals surface area contributed by atoms with Gasteiger partial charge in [0.15, 0.2) is 0 Å². The zero-order valence-corrected chi connectivity index (χ0v) is 10.6. The molecule has 0 aromatic heterocycles. The molecule has 6 heteroatoms. The van der Waals surface area contributed by atoms with E-state index in [1.165, 1.54) is 18.2 Å². The van der Waals surface area contributed by atoms with Crippen molar-refractivity contribution in [2.45, 2.75) is 6.61 Å². The Labute approximate surface area is 118 Å². The SMILES string of the molecule is N#Cc1c(F)cccc1OCc1ccc(C(=O)O)c(F)c1. The van der Waals surface area contributed by atoms with Crippen LogP contribution in [0.25, 0.3) is 0 Å². The van der Waals surface area contributed by atoms with Crippen LogP contribution in [0.3, 0.4) is 0 Å². The van der Waals surface area contributed by atoms with Crippen molar-refractivity contribution in [3.05, 3.63) is 64.7 Å². The number of aromatic carboxylic acids is 1. The molecule has 0 radical (unpaired) electrons. The van der Waals surface area contributed by atoms with E-state index in [1.54, 1.807) is 6.07 Å². The summed E-state index contributed by atoms with van der Waals surface area (Å²) in [5, 5.41) is 17.6. The molecule has 0 atom stereocenters. The second-order valence-electron chi connectivity index (χ2n) is 4.13. The number of halogens is 2. The maximum absolute atomic E-state index is 13.5. The summed E-state index contributed by atoms with van der Waals surface area (Å²) < 4.78 is 32.1. The van der Waals surface area contributed by atoms with Crippen molar-refractivity contribution in [1.82, 2.24) is 0 Å². The number of rotatable bonds is 4. The van der Waals surface area contributed by atoms with E-state index in [-0.39, 0.29) is 17.9 Å².